The number of rotatable bonds is 8. The number of carbonyl (C=O) groups excluding carboxylic acids is 2. The molecule has 8 nitrogen and oxygen atoms in total. The van der Waals surface area contributed by atoms with Crippen LogP contribution in [0.15, 0.2) is 48.5 Å². The SMILES string of the molecule is O=C(NCC1(C(=O)N[C@@H](CO)C(=O)O)CCCC1)OCC1c2ccccc2-c2ccccc21. The highest BCUT2D eigenvalue weighted by Crippen LogP contribution is 2.44. The predicted octanol–water partition coefficient (Wildman–Crippen LogP) is 2.65. The van der Waals surface area contributed by atoms with Crippen molar-refractivity contribution < 1.29 is 29.3 Å². The van der Waals surface area contributed by atoms with Crippen molar-refractivity contribution in [2.45, 2.75) is 37.6 Å². The van der Waals surface area contributed by atoms with Crippen LogP contribution in [0, 0.1) is 5.41 Å². The van der Waals surface area contributed by atoms with Crippen LogP contribution in [0.3, 0.4) is 0 Å². The number of carboxylic acids is 1. The van der Waals surface area contributed by atoms with Crippen LogP contribution in [0.5, 0.6) is 0 Å². The number of aliphatic hydroxyl groups is 1. The van der Waals surface area contributed by atoms with Crippen LogP contribution in [-0.4, -0.2) is 54.0 Å². The van der Waals surface area contributed by atoms with Gasteiger partial charge in [-0.3, -0.25) is 4.79 Å². The number of nitrogens with one attached hydrogen (secondary N) is 2. The summed E-state index contributed by atoms with van der Waals surface area (Å²) in [6.45, 7) is -0.477. The van der Waals surface area contributed by atoms with E-state index in [-0.39, 0.29) is 19.1 Å². The highest BCUT2D eigenvalue weighted by molar-refractivity contribution is 5.88. The Kier molecular flexibility index (Phi) is 6.65. The lowest BCUT2D eigenvalue weighted by Crippen LogP contribution is -2.52. The van der Waals surface area contributed by atoms with Gasteiger partial charge in [-0.25, -0.2) is 9.59 Å². The zero-order valence-corrected chi connectivity index (χ0v) is 18.3. The van der Waals surface area contributed by atoms with E-state index in [0.717, 1.165) is 35.1 Å². The van der Waals surface area contributed by atoms with Crippen LogP contribution in [0.2, 0.25) is 0 Å². The second kappa shape index (κ2) is 9.62. The molecule has 2 amide bonds. The highest BCUT2D eigenvalue weighted by Gasteiger charge is 2.43. The van der Waals surface area contributed by atoms with E-state index in [2.05, 4.69) is 22.8 Å². The molecule has 2 aliphatic carbocycles. The summed E-state index contributed by atoms with van der Waals surface area (Å²) in [5, 5.41) is 23.4. The maximum absolute atomic E-state index is 12.8. The summed E-state index contributed by atoms with van der Waals surface area (Å²) in [7, 11) is 0. The van der Waals surface area contributed by atoms with Gasteiger partial charge in [0.05, 0.1) is 12.0 Å². The maximum Gasteiger partial charge on any atom is 0.407 e. The van der Waals surface area contributed by atoms with Crippen LogP contribution in [0.1, 0.15) is 42.7 Å². The van der Waals surface area contributed by atoms with E-state index in [1.54, 1.807) is 0 Å². The fourth-order valence-corrected chi connectivity index (χ4v) is 4.92. The zero-order chi connectivity index (χ0) is 23.4. The number of benzene rings is 2. The number of fused-ring (bicyclic) bond motifs is 3. The molecule has 0 unspecified atom stereocenters. The molecule has 0 bridgehead atoms. The molecule has 0 heterocycles. The maximum atomic E-state index is 12.8. The van der Waals surface area contributed by atoms with Gasteiger partial charge < -0.3 is 25.6 Å². The first kappa shape index (κ1) is 22.8. The number of carboxylic acid groups (broad SMARTS) is 1. The third kappa shape index (κ3) is 4.57. The van der Waals surface area contributed by atoms with Crippen molar-refractivity contribution in [2.75, 3.05) is 19.8 Å². The summed E-state index contributed by atoms with van der Waals surface area (Å²) >= 11 is 0. The third-order valence-corrected chi connectivity index (χ3v) is 6.74. The Balaban J connectivity index is 1.38. The Labute approximate surface area is 192 Å². The summed E-state index contributed by atoms with van der Waals surface area (Å²) in [6.07, 6.45) is 2.04. The molecule has 0 saturated heterocycles. The van der Waals surface area contributed by atoms with Gasteiger partial charge in [0, 0.05) is 12.5 Å². The number of amides is 2. The molecular weight excluding hydrogens is 424 g/mol. The first-order valence-electron chi connectivity index (χ1n) is 11.2. The van der Waals surface area contributed by atoms with Crippen molar-refractivity contribution in [3.05, 3.63) is 59.7 Å². The molecule has 8 heteroatoms. The molecule has 0 spiro atoms. The Hall–Kier alpha value is -3.39. The first-order valence-corrected chi connectivity index (χ1v) is 11.2. The minimum Gasteiger partial charge on any atom is -0.480 e. The second-order valence-corrected chi connectivity index (χ2v) is 8.71. The van der Waals surface area contributed by atoms with E-state index in [0.29, 0.717) is 12.8 Å². The molecule has 2 aliphatic rings. The van der Waals surface area contributed by atoms with E-state index < -0.39 is 36.0 Å². The predicted molar refractivity (Wildman–Crippen MR) is 121 cm³/mol. The number of aliphatic carboxylic acids is 1. The summed E-state index contributed by atoms with van der Waals surface area (Å²) in [6, 6.07) is 14.8. The van der Waals surface area contributed by atoms with Gasteiger partial charge in [-0.1, -0.05) is 61.4 Å². The highest BCUT2D eigenvalue weighted by atomic mass is 16.5. The van der Waals surface area contributed by atoms with Crippen LogP contribution in [-0.2, 0) is 14.3 Å². The van der Waals surface area contributed by atoms with Gasteiger partial charge in [0.2, 0.25) is 5.91 Å². The molecule has 0 radical (unpaired) electrons. The number of carbonyl (C=O) groups is 3. The van der Waals surface area contributed by atoms with E-state index in [9.17, 15) is 19.5 Å². The fraction of sp³-hybridized carbons (Fsp3) is 0.400. The standard InChI is InChI=1S/C25H28N2O6/c28-13-21(22(29)30)27-23(31)25(11-5-6-12-25)15-26-24(32)33-14-20-18-9-3-1-7-16(18)17-8-2-4-10-19(17)20/h1-4,7-10,20-21,28H,5-6,11-15H2,(H,26,32)(H,27,31)(H,29,30)/t21-/m0/s1. The average molecular weight is 453 g/mol. The van der Waals surface area contributed by atoms with Crippen LogP contribution in [0.4, 0.5) is 4.79 Å². The van der Waals surface area contributed by atoms with E-state index in [1.807, 2.05) is 36.4 Å². The van der Waals surface area contributed by atoms with Crippen molar-refractivity contribution in [1.82, 2.24) is 10.6 Å². The average Bonchev–Trinajstić information content (AvgIpc) is 3.43. The lowest BCUT2D eigenvalue weighted by atomic mass is 9.84. The van der Waals surface area contributed by atoms with Crippen LogP contribution < -0.4 is 10.6 Å². The van der Waals surface area contributed by atoms with Gasteiger partial charge >= 0.3 is 12.1 Å². The number of aliphatic hydroxyl groups excluding tert-OH is 1. The summed E-state index contributed by atoms with van der Waals surface area (Å²) < 4.78 is 5.55. The normalized spacial score (nSPS) is 17.0. The quantitative estimate of drug-likeness (QED) is 0.488. The van der Waals surface area contributed by atoms with E-state index in [4.69, 9.17) is 9.84 Å². The Morgan fingerprint density at radius 1 is 1.00 bits per heavy atom. The minimum absolute atomic E-state index is 0.0489. The number of alkyl carbamates (subject to hydrolysis) is 1. The first-order chi connectivity index (χ1) is 15.9. The number of hydrogen-bond acceptors (Lipinski definition) is 5. The number of ether oxygens (including phenoxy) is 1. The molecule has 33 heavy (non-hydrogen) atoms. The molecule has 0 aliphatic heterocycles. The van der Waals surface area contributed by atoms with Crippen LogP contribution >= 0.6 is 0 Å². The third-order valence-electron chi connectivity index (χ3n) is 6.74. The molecule has 2 aromatic carbocycles. The Bertz CT molecular complexity index is 1000. The second-order valence-electron chi connectivity index (χ2n) is 8.71. The molecule has 4 rings (SSSR count). The van der Waals surface area contributed by atoms with Gasteiger partial charge in [0.15, 0.2) is 0 Å². The minimum atomic E-state index is -1.37. The molecular formula is C25H28N2O6. The van der Waals surface area contributed by atoms with Gasteiger partial charge in [-0.15, -0.1) is 0 Å². The van der Waals surface area contributed by atoms with Gasteiger partial charge in [0.25, 0.3) is 0 Å². The van der Waals surface area contributed by atoms with E-state index in [1.165, 1.54) is 0 Å². The van der Waals surface area contributed by atoms with Crippen molar-refractivity contribution in [1.29, 1.82) is 0 Å². The summed E-state index contributed by atoms with van der Waals surface area (Å²) in [5.74, 6) is -1.84. The van der Waals surface area contributed by atoms with Crippen LogP contribution in [0.25, 0.3) is 11.1 Å². The van der Waals surface area contributed by atoms with Gasteiger partial charge in [0.1, 0.15) is 12.6 Å². The molecule has 1 saturated carbocycles. The van der Waals surface area contributed by atoms with Crippen molar-refractivity contribution in [3.63, 3.8) is 0 Å². The molecule has 0 aromatic heterocycles. The molecule has 1 atom stereocenters. The lowest BCUT2D eigenvalue weighted by Gasteiger charge is -2.29. The van der Waals surface area contributed by atoms with Crippen molar-refractivity contribution >= 4 is 18.0 Å². The summed E-state index contributed by atoms with van der Waals surface area (Å²) in [5.41, 5.74) is 3.60. The summed E-state index contributed by atoms with van der Waals surface area (Å²) in [4.78, 5) is 36.5. The molecule has 4 N–H and O–H groups in total. The molecule has 1 fully saturated rings. The van der Waals surface area contributed by atoms with Gasteiger partial charge in [-0.2, -0.15) is 0 Å². The largest absolute Gasteiger partial charge is 0.480 e. The smallest absolute Gasteiger partial charge is 0.407 e. The lowest BCUT2D eigenvalue weighted by molar-refractivity contribution is -0.145. The fourth-order valence-electron chi connectivity index (χ4n) is 4.92. The molecule has 174 valence electrons. The Morgan fingerprint density at radius 3 is 2.12 bits per heavy atom. The topological polar surface area (TPSA) is 125 Å². The molecule has 2 aromatic rings. The van der Waals surface area contributed by atoms with Crippen molar-refractivity contribution in [3.8, 4) is 11.1 Å². The monoisotopic (exact) mass is 452 g/mol. The Morgan fingerprint density at radius 2 is 1.58 bits per heavy atom. The van der Waals surface area contributed by atoms with E-state index >= 15 is 0 Å². The van der Waals surface area contributed by atoms with Crippen molar-refractivity contribution in [2.24, 2.45) is 5.41 Å². The number of hydrogen-bond donors (Lipinski definition) is 4. The zero-order valence-electron chi connectivity index (χ0n) is 18.3. The van der Waals surface area contributed by atoms with Gasteiger partial charge in [-0.05, 0) is 35.1 Å².